The van der Waals surface area contributed by atoms with Gasteiger partial charge < -0.3 is 9.84 Å². The van der Waals surface area contributed by atoms with E-state index in [-0.39, 0.29) is 18.7 Å². The lowest BCUT2D eigenvalue weighted by molar-refractivity contribution is 0.0914. The van der Waals surface area contributed by atoms with Crippen LogP contribution in [-0.4, -0.2) is 27.4 Å². The normalized spacial score (nSPS) is 12.2. The zero-order chi connectivity index (χ0) is 19.5. The molecular weight excluding hydrogens is 440 g/mol. The van der Waals surface area contributed by atoms with Crippen molar-refractivity contribution in [3.05, 3.63) is 81.1 Å². The Balaban J connectivity index is 1.55. The average Bonchev–Trinajstić information content (AvgIpc) is 3.14. The highest BCUT2D eigenvalue weighted by molar-refractivity contribution is 9.10. The van der Waals surface area contributed by atoms with E-state index in [9.17, 15) is 9.90 Å². The summed E-state index contributed by atoms with van der Waals surface area (Å²) in [7, 11) is 0. The number of thiophene rings is 1. The molecule has 0 saturated heterocycles. The topological polar surface area (TPSA) is 64.4 Å². The Morgan fingerprint density at radius 1 is 1.18 bits per heavy atom. The Morgan fingerprint density at radius 3 is 2.79 bits per heavy atom. The lowest BCUT2D eigenvalue weighted by atomic mass is 10.1. The van der Waals surface area contributed by atoms with E-state index in [1.165, 1.54) is 22.2 Å². The largest absolute Gasteiger partial charge is 0.491 e. The summed E-state index contributed by atoms with van der Waals surface area (Å²) in [5, 5.41) is 12.9. The highest BCUT2D eigenvalue weighted by Crippen LogP contribution is 2.30. The SMILES string of the molecule is O=c1c2c(-c3ccccc3)csc2ncn1C[C@@H](O)COc1cccc(Br)c1. The smallest absolute Gasteiger partial charge is 0.262 e. The van der Waals surface area contributed by atoms with Crippen LogP contribution in [0.4, 0.5) is 0 Å². The van der Waals surface area contributed by atoms with E-state index in [1.54, 1.807) is 0 Å². The highest BCUT2D eigenvalue weighted by atomic mass is 79.9. The molecule has 2 aromatic carbocycles. The maximum absolute atomic E-state index is 13.0. The molecule has 4 rings (SSSR count). The number of nitrogens with zero attached hydrogens (tertiary/aromatic N) is 2. The van der Waals surface area contributed by atoms with Gasteiger partial charge in [0, 0.05) is 15.4 Å². The van der Waals surface area contributed by atoms with Crippen LogP contribution in [0.3, 0.4) is 0 Å². The summed E-state index contributed by atoms with van der Waals surface area (Å²) in [5.41, 5.74) is 1.68. The molecule has 0 fully saturated rings. The molecule has 0 aliphatic rings. The van der Waals surface area contributed by atoms with Crippen molar-refractivity contribution in [1.29, 1.82) is 0 Å². The fourth-order valence-corrected chi connectivity index (χ4v) is 4.24. The Kier molecular flexibility index (Phi) is 5.57. The first-order valence-corrected chi connectivity index (χ1v) is 10.4. The first-order valence-electron chi connectivity index (χ1n) is 8.70. The summed E-state index contributed by atoms with van der Waals surface area (Å²) in [6, 6.07) is 17.2. The molecule has 0 aliphatic heterocycles. The molecule has 0 radical (unpaired) electrons. The van der Waals surface area contributed by atoms with Gasteiger partial charge in [-0.2, -0.15) is 0 Å². The van der Waals surface area contributed by atoms with Crippen molar-refractivity contribution >= 4 is 37.5 Å². The minimum Gasteiger partial charge on any atom is -0.491 e. The van der Waals surface area contributed by atoms with Gasteiger partial charge in [0.05, 0.1) is 18.3 Å². The van der Waals surface area contributed by atoms with Crippen molar-refractivity contribution in [2.75, 3.05) is 6.61 Å². The summed E-state index contributed by atoms with van der Waals surface area (Å²) < 4.78 is 7.95. The van der Waals surface area contributed by atoms with Crippen LogP contribution in [0.5, 0.6) is 5.75 Å². The number of hydrogen-bond acceptors (Lipinski definition) is 5. The number of halogens is 1. The molecule has 0 aliphatic carbocycles. The van der Waals surface area contributed by atoms with Crippen molar-refractivity contribution in [3.63, 3.8) is 0 Å². The Labute approximate surface area is 174 Å². The molecule has 2 heterocycles. The number of ether oxygens (including phenoxy) is 1. The van der Waals surface area contributed by atoms with Gasteiger partial charge in [-0.15, -0.1) is 11.3 Å². The maximum Gasteiger partial charge on any atom is 0.262 e. The van der Waals surface area contributed by atoms with Crippen molar-refractivity contribution in [2.45, 2.75) is 12.6 Å². The minimum absolute atomic E-state index is 0.0795. The molecule has 28 heavy (non-hydrogen) atoms. The monoisotopic (exact) mass is 456 g/mol. The Hall–Kier alpha value is -2.48. The van der Waals surface area contributed by atoms with Crippen LogP contribution >= 0.6 is 27.3 Å². The van der Waals surface area contributed by atoms with Gasteiger partial charge in [-0.05, 0) is 23.8 Å². The zero-order valence-corrected chi connectivity index (χ0v) is 17.2. The summed E-state index contributed by atoms with van der Waals surface area (Å²) >= 11 is 4.83. The molecule has 0 unspecified atom stereocenters. The molecular formula is C21H17BrN2O3S. The van der Waals surface area contributed by atoms with E-state index in [0.29, 0.717) is 16.0 Å². The number of aromatic nitrogens is 2. The van der Waals surface area contributed by atoms with Crippen molar-refractivity contribution in [2.24, 2.45) is 0 Å². The first-order chi connectivity index (χ1) is 13.6. The Bertz CT molecular complexity index is 1160. The molecule has 0 amide bonds. The molecule has 4 aromatic rings. The number of benzene rings is 2. The molecule has 2 aromatic heterocycles. The minimum atomic E-state index is -0.838. The molecule has 1 N–H and O–H groups in total. The van der Waals surface area contributed by atoms with E-state index in [0.717, 1.165) is 15.6 Å². The Morgan fingerprint density at radius 2 is 2.00 bits per heavy atom. The van der Waals surface area contributed by atoms with Crippen LogP contribution < -0.4 is 10.3 Å². The van der Waals surface area contributed by atoms with Gasteiger partial charge in [-0.25, -0.2) is 4.98 Å². The van der Waals surface area contributed by atoms with Crippen LogP contribution in [0, 0.1) is 0 Å². The van der Waals surface area contributed by atoms with Gasteiger partial charge in [0.2, 0.25) is 0 Å². The van der Waals surface area contributed by atoms with Crippen LogP contribution in [-0.2, 0) is 6.54 Å². The van der Waals surface area contributed by atoms with Crippen LogP contribution in [0.15, 0.2) is 75.6 Å². The second-order valence-electron chi connectivity index (χ2n) is 6.32. The zero-order valence-electron chi connectivity index (χ0n) is 14.8. The molecule has 7 heteroatoms. The molecule has 1 atom stereocenters. The summed E-state index contributed by atoms with van der Waals surface area (Å²) in [5.74, 6) is 0.651. The molecule has 5 nitrogen and oxygen atoms in total. The lowest BCUT2D eigenvalue weighted by Gasteiger charge is -2.14. The average molecular weight is 457 g/mol. The third-order valence-electron chi connectivity index (χ3n) is 4.29. The fourth-order valence-electron chi connectivity index (χ4n) is 2.96. The quantitative estimate of drug-likeness (QED) is 0.468. The third-order valence-corrected chi connectivity index (χ3v) is 5.67. The molecule has 0 spiro atoms. The van der Waals surface area contributed by atoms with Gasteiger partial charge in [0.1, 0.15) is 23.3 Å². The standard InChI is InChI=1S/C21H17BrN2O3S/c22-15-7-4-8-17(9-15)27-11-16(25)10-24-13-23-20-19(21(24)26)18(12-28-20)14-5-2-1-3-6-14/h1-9,12-13,16,25H,10-11H2/t16-/m1/s1. The van der Waals surface area contributed by atoms with Crippen LogP contribution in [0.1, 0.15) is 0 Å². The maximum atomic E-state index is 13.0. The number of aliphatic hydroxyl groups is 1. The first kappa shape index (κ1) is 18.9. The van der Waals surface area contributed by atoms with Crippen molar-refractivity contribution < 1.29 is 9.84 Å². The molecule has 142 valence electrons. The predicted octanol–water partition coefficient (Wildman–Crippen LogP) is 4.33. The summed E-state index contributed by atoms with van der Waals surface area (Å²) in [6.45, 7) is 0.190. The summed E-state index contributed by atoms with van der Waals surface area (Å²) in [6.07, 6.45) is 0.646. The van der Waals surface area contributed by atoms with Gasteiger partial charge >= 0.3 is 0 Å². The van der Waals surface area contributed by atoms with Crippen LogP contribution in [0.2, 0.25) is 0 Å². The number of fused-ring (bicyclic) bond motifs is 1. The van der Waals surface area contributed by atoms with E-state index in [1.807, 2.05) is 60.0 Å². The van der Waals surface area contributed by atoms with Gasteiger partial charge in [0.25, 0.3) is 5.56 Å². The van der Waals surface area contributed by atoms with Gasteiger partial charge in [0.15, 0.2) is 0 Å². The highest BCUT2D eigenvalue weighted by Gasteiger charge is 2.15. The third kappa shape index (κ3) is 4.01. The number of rotatable bonds is 6. The van der Waals surface area contributed by atoms with E-state index in [4.69, 9.17) is 4.74 Å². The lowest BCUT2D eigenvalue weighted by Crippen LogP contribution is -2.30. The van der Waals surface area contributed by atoms with Crippen molar-refractivity contribution in [3.8, 4) is 16.9 Å². The van der Waals surface area contributed by atoms with E-state index >= 15 is 0 Å². The van der Waals surface area contributed by atoms with Crippen molar-refractivity contribution in [1.82, 2.24) is 9.55 Å². The number of aliphatic hydroxyl groups excluding tert-OH is 1. The second-order valence-corrected chi connectivity index (χ2v) is 8.09. The van der Waals surface area contributed by atoms with E-state index < -0.39 is 6.10 Å². The van der Waals surface area contributed by atoms with E-state index in [2.05, 4.69) is 20.9 Å². The predicted molar refractivity (Wildman–Crippen MR) is 115 cm³/mol. The molecule has 0 bridgehead atoms. The molecule has 0 saturated carbocycles. The second kappa shape index (κ2) is 8.26. The number of hydrogen-bond donors (Lipinski definition) is 1. The summed E-state index contributed by atoms with van der Waals surface area (Å²) in [4.78, 5) is 18.1. The van der Waals surface area contributed by atoms with Crippen LogP contribution in [0.25, 0.3) is 21.3 Å². The van der Waals surface area contributed by atoms with Gasteiger partial charge in [-0.3, -0.25) is 9.36 Å². The van der Waals surface area contributed by atoms with Gasteiger partial charge in [-0.1, -0.05) is 52.3 Å². The fraction of sp³-hybridized carbons (Fsp3) is 0.143.